The Hall–Kier alpha value is -1.43. The van der Waals surface area contributed by atoms with Crippen molar-refractivity contribution in [2.24, 2.45) is 0 Å². The Balaban J connectivity index is 2.36. The number of alkyl halides is 3. The maximum absolute atomic E-state index is 12.6. The molecule has 0 radical (unpaired) electrons. The van der Waals surface area contributed by atoms with Crippen molar-refractivity contribution in [3.63, 3.8) is 0 Å². The molecule has 0 bridgehead atoms. The zero-order valence-corrected chi connectivity index (χ0v) is 10.5. The molecule has 0 aliphatic rings. The van der Waals surface area contributed by atoms with Gasteiger partial charge < -0.3 is 0 Å². The molecule has 19 heavy (non-hydrogen) atoms. The molecule has 6 heteroatoms. The summed E-state index contributed by atoms with van der Waals surface area (Å²) in [6.07, 6.45) is -5.06. The van der Waals surface area contributed by atoms with Crippen LogP contribution in [0.3, 0.4) is 0 Å². The molecule has 0 fully saturated rings. The van der Waals surface area contributed by atoms with Gasteiger partial charge in [-0.3, -0.25) is 9.69 Å². The highest BCUT2D eigenvalue weighted by molar-refractivity contribution is 5.82. The van der Waals surface area contributed by atoms with Crippen molar-refractivity contribution in [2.45, 2.75) is 19.0 Å². The van der Waals surface area contributed by atoms with Gasteiger partial charge in [0, 0.05) is 13.0 Å². The number of likely N-dealkylation sites (N-methyl/N-ethyl adjacent to an activating group) is 1. The van der Waals surface area contributed by atoms with Crippen LogP contribution >= 0.6 is 0 Å². The van der Waals surface area contributed by atoms with Crippen LogP contribution in [0.15, 0.2) is 24.3 Å². The van der Waals surface area contributed by atoms with Crippen LogP contribution in [0.1, 0.15) is 12.0 Å². The molecule has 0 heterocycles. The fourth-order valence-electron chi connectivity index (χ4n) is 1.58. The van der Waals surface area contributed by atoms with Gasteiger partial charge in [-0.1, -0.05) is 12.1 Å². The number of carbonyl (C=O) groups is 1. The van der Waals surface area contributed by atoms with Crippen LogP contribution in [-0.2, 0) is 11.2 Å². The van der Waals surface area contributed by atoms with E-state index in [1.807, 2.05) is 0 Å². The summed E-state index contributed by atoms with van der Waals surface area (Å²) in [4.78, 5) is 12.9. The average Bonchev–Trinajstić information content (AvgIpc) is 2.29. The Morgan fingerprint density at radius 1 is 1.21 bits per heavy atom. The molecule has 106 valence electrons. The summed E-state index contributed by atoms with van der Waals surface area (Å²) in [7, 11) is 1.47. The van der Waals surface area contributed by atoms with Gasteiger partial charge in [0.15, 0.2) is 5.78 Å². The summed E-state index contributed by atoms with van der Waals surface area (Å²) in [5.74, 6) is -0.588. The second kappa shape index (κ2) is 6.65. The minimum Gasteiger partial charge on any atom is -0.299 e. The van der Waals surface area contributed by atoms with E-state index in [4.69, 9.17) is 0 Å². The number of hydrogen-bond donors (Lipinski definition) is 0. The lowest BCUT2D eigenvalue weighted by Gasteiger charge is -2.16. The number of hydrogen-bond acceptors (Lipinski definition) is 2. The molecule has 1 rings (SSSR count). The second-order valence-electron chi connectivity index (χ2n) is 4.44. The molecule has 0 spiro atoms. The lowest BCUT2D eigenvalue weighted by Crippen LogP contribution is -2.30. The molecule has 1 aromatic carbocycles. The largest absolute Gasteiger partial charge is 0.390 e. The van der Waals surface area contributed by atoms with E-state index in [1.165, 1.54) is 36.2 Å². The molecule has 0 aliphatic carbocycles. The number of nitrogens with zero attached hydrogens (tertiary/aromatic N) is 1. The summed E-state index contributed by atoms with van der Waals surface area (Å²) >= 11 is 0. The van der Waals surface area contributed by atoms with E-state index in [-0.39, 0.29) is 25.3 Å². The van der Waals surface area contributed by atoms with Gasteiger partial charge in [0.05, 0.1) is 13.0 Å². The predicted molar refractivity (Wildman–Crippen MR) is 63.3 cm³/mol. The van der Waals surface area contributed by atoms with E-state index in [0.29, 0.717) is 5.56 Å². The van der Waals surface area contributed by atoms with Gasteiger partial charge in [-0.2, -0.15) is 13.2 Å². The highest BCUT2D eigenvalue weighted by Crippen LogP contribution is 2.19. The van der Waals surface area contributed by atoms with Crippen LogP contribution in [0.4, 0.5) is 17.6 Å². The van der Waals surface area contributed by atoms with Crippen molar-refractivity contribution >= 4 is 5.78 Å². The van der Waals surface area contributed by atoms with Crippen LogP contribution in [0.2, 0.25) is 0 Å². The number of benzene rings is 1. The van der Waals surface area contributed by atoms with E-state index in [2.05, 4.69) is 0 Å². The lowest BCUT2D eigenvalue weighted by atomic mass is 10.1. The first-order valence-corrected chi connectivity index (χ1v) is 5.78. The Kier molecular flexibility index (Phi) is 5.47. The number of ketones is 1. The van der Waals surface area contributed by atoms with E-state index in [1.54, 1.807) is 0 Å². The number of carbonyl (C=O) groups excluding carboxylic acids is 1. The second-order valence-corrected chi connectivity index (χ2v) is 4.44. The molecule has 1 aromatic rings. The average molecular weight is 277 g/mol. The van der Waals surface area contributed by atoms with Gasteiger partial charge in [-0.05, 0) is 24.7 Å². The smallest absolute Gasteiger partial charge is 0.299 e. The Bertz CT molecular complexity index is 414. The highest BCUT2D eigenvalue weighted by atomic mass is 19.4. The molecular weight excluding hydrogens is 262 g/mol. The molecule has 0 atom stereocenters. The van der Waals surface area contributed by atoms with E-state index >= 15 is 0 Å². The van der Waals surface area contributed by atoms with Crippen molar-refractivity contribution in [1.82, 2.24) is 4.90 Å². The number of rotatable bonds is 6. The third-order valence-corrected chi connectivity index (χ3v) is 2.54. The molecule has 0 N–H and O–H groups in total. The number of halogens is 4. The maximum Gasteiger partial charge on any atom is 0.390 e. The van der Waals surface area contributed by atoms with E-state index < -0.39 is 18.4 Å². The van der Waals surface area contributed by atoms with Gasteiger partial charge in [0.2, 0.25) is 0 Å². The van der Waals surface area contributed by atoms with Crippen molar-refractivity contribution in [2.75, 3.05) is 20.1 Å². The molecule has 2 nitrogen and oxygen atoms in total. The molecule has 0 saturated heterocycles. The quantitative estimate of drug-likeness (QED) is 0.745. The zero-order valence-electron chi connectivity index (χ0n) is 10.5. The van der Waals surface area contributed by atoms with Crippen LogP contribution in [0.5, 0.6) is 0 Å². The maximum atomic E-state index is 12.6. The van der Waals surface area contributed by atoms with Crippen LogP contribution in [0, 0.1) is 5.82 Å². The van der Waals surface area contributed by atoms with Gasteiger partial charge in [0.25, 0.3) is 0 Å². The van der Waals surface area contributed by atoms with Crippen LogP contribution in [-0.4, -0.2) is 37.0 Å². The van der Waals surface area contributed by atoms with Gasteiger partial charge in [-0.15, -0.1) is 0 Å². The Labute approximate surface area is 109 Å². The summed E-state index contributed by atoms with van der Waals surface area (Å²) in [5.41, 5.74) is 0.649. The topological polar surface area (TPSA) is 20.3 Å². The first-order chi connectivity index (χ1) is 8.76. The molecule has 0 aromatic heterocycles. The molecule has 0 saturated carbocycles. The van der Waals surface area contributed by atoms with E-state index in [9.17, 15) is 22.4 Å². The minimum absolute atomic E-state index is 0.0482. The minimum atomic E-state index is -4.21. The third kappa shape index (κ3) is 6.91. The summed E-state index contributed by atoms with van der Waals surface area (Å²) in [6.45, 7) is -0.258. The van der Waals surface area contributed by atoms with Crippen LogP contribution < -0.4 is 0 Å². The molecule has 0 aliphatic heterocycles. The van der Waals surface area contributed by atoms with Gasteiger partial charge in [-0.25, -0.2) is 4.39 Å². The number of Topliss-reactive ketones (excluding diaryl/α,β-unsaturated/α-hetero) is 1. The van der Waals surface area contributed by atoms with Crippen molar-refractivity contribution in [3.8, 4) is 0 Å². The third-order valence-electron chi connectivity index (χ3n) is 2.54. The molecule has 0 amide bonds. The van der Waals surface area contributed by atoms with Gasteiger partial charge >= 0.3 is 6.18 Å². The van der Waals surface area contributed by atoms with Crippen molar-refractivity contribution in [1.29, 1.82) is 0 Å². The Morgan fingerprint density at radius 2 is 1.79 bits per heavy atom. The monoisotopic (exact) mass is 277 g/mol. The Morgan fingerprint density at radius 3 is 2.32 bits per heavy atom. The fourth-order valence-corrected chi connectivity index (χ4v) is 1.58. The fraction of sp³-hybridized carbons (Fsp3) is 0.462. The first kappa shape index (κ1) is 15.6. The van der Waals surface area contributed by atoms with Crippen molar-refractivity contribution < 1.29 is 22.4 Å². The standard InChI is InChI=1S/C13H15F4NO/c1-18(7-6-13(15,16)17)9-12(19)8-10-2-4-11(14)5-3-10/h2-5H,6-9H2,1H3. The normalized spacial score (nSPS) is 11.9. The zero-order chi connectivity index (χ0) is 14.5. The molecule has 0 unspecified atom stereocenters. The summed E-state index contributed by atoms with van der Waals surface area (Å²) in [5, 5.41) is 0. The van der Waals surface area contributed by atoms with Gasteiger partial charge in [0.1, 0.15) is 5.82 Å². The SMILES string of the molecule is CN(CCC(F)(F)F)CC(=O)Cc1ccc(F)cc1. The first-order valence-electron chi connectivity index (χ1n) is 5.78. The summed E-state index contributed by atoms with van der Waals surface area (Å²) in [6, 6.07) is 5.47. The summed E-state index contributed by atoms with van der Waals surface area (Å²) < 4.78 is 48.6. The van der Waals surface area contributed by atoms with Crippen LogP contribution in [0.25, 0.3) is 0 Å². The lowest BCUT2D eigenvalue weighted by molar-refractivity contribution is -0.138. The predicted octanol–water partition coefficient (Wildman–Crippen LogP) is 2.82. The molecular formula is C13H15F4NO. The van der Waals surface area contributed by atoms with Crippen molar-refractivity contribution in [3.05, 3.63) is 35.6 Å². The highest BCUT2D eigenvalue weighted by Gasteiger charge is 2.27. The van der Waals surface area contributed by atoms with E-state index in [0.717, 1.165) is 0 Å².